The van der Waals surface area contributed by atoms with E-state index < -0.39 is 18.2 Å². The zero-order chi connectivity index (χ0) is 29.1. The topological polar surface area (TPSA) is 146 Å². The van der Waals surface area contributed by atoms with Gasteiger partial charge in [-0.15, -0.1) is 0 Å². The molecule has 9 heteroatoms. The molecule has 3 aliphatic rings. The van der Waals surface area contributed by atoms with E-state index in [2.05, 4.69) is 29.3 Å². The van der Waals surface area contributed by atoms with Crippen molar-refractivity contribution in [1.82, 2.24) is 10.6 Å². The number of hydrogen-bond donors (Lipinski definition) is 5. The Balaban J connectivity index is 0.000000512. The Labute approximate surface area is 230 Å². The van der Waals surface area contributed by atoms with Crippen LogP contribution in [0.5, 0.6) is 0 Å². The predicted molar refractivity (Wildman–Crippen MR) is 151 cm³/mol. The maximum Gasteiger partial charge on any atom is 0.250 e. The Kier molecular flexibility index (Phi) is 19.8. The summed E-state index contributed by atoms with van der Waals surface area (Å²) in [5.41, 5.74) is 5.61. The van der Waals surface area contributed by atoms with Crippen LogP contribution in [0.2, 0.25) is 0 Å². The summed E-state index contributed by atoms with van der Waals surface area (Å²) in [7, 11) is 0. The molecule has 5 atom stereocenters. The summed E-state index contributed by atoms with van der Waals surface area (Å²) in [5, 5.41) is 24.6. The van der Waals surface area contributed by atoms with Crippen molar-refractivity contribution in [1.29, 1.82) is 0 Å². The molecule has 0 radical (unpaired) electrons. The van der Waals surface area contributed by atoms with Crippen molar-refractivity contribution in [3.63, 3.8) is 0 Å². The Morgan fingerprint density at radius 3 is 1.61 bits per heavy atom. The predicted octanol–water partition coefficient (Wildman–Crippen LogP) is 3.50. The molecular weight excluding hydrogens is 484 g/mol. The number of aliphatic hydroxyl groups excluding tert-OH is 2. The van der Waals surface area contributed by atoms with Crippen LogP contribution >= 0.6 is 0 Å². The van der Waals surface area contributed by atoms with Crippen molar-refractivity contribution in [3.8, 4) is 0 Å². The third-order valence-electron chi connectivity index (χ3n) is 6.40. The summed E-state index contributed by atoms with van der Waals surface area (Å²) in [6.45, 7) is 16.3. The highest BCUT2D eigenvalue weighted by Gasteiger charge is 2.30. The van der Waals surface area contributed by atoms with Gasteiger partial charge in [-0.25, -0.2) is 6.57 Å². The number of rotatable bonds is 13. The Morgan fingerprint density at radius 1 is 0.868 bits per heavy atom. The fraction of sp³-hybridized carbons (Fsp3) is 0.862. The Hall–Kier alpha value is -2.02. The fourth-order valence-electron chi connectivity index (χ4n) is 3.31. The SMILES string of the molecule is CCCC(C)C=O.CCC[C@H](C)C(O)C(=O)NC1CC1.CCC[C@H](N)C(O)C(=O)NC1CC1.[C-]#[N+]C1CC1. The maximum atomic E-state index is 11.3. The normalized spacial score (nSPS) is 19.6. The summed E-state index contributed by atoms with van der Waals surface area (Å²) in [4.78, 5) is 35.8. The van der Waals surface area contributed by atoms with Gasteiger partial charge in [-0.2, -0.15) is 0 Å². The van der Waals surface area contributed by atoms with E-state index in [-0.39, 0.29) is 29.7 Å². The van der Waals surface area contributed by atoms with E-state index in [0.717, 1.165) is 76.9 Å². The highest BCUT2D eigenvalue weighted by Crippen LogP contribution is 2.22. The van der Waals surface area contributed by atoms with Crippen molar-refractivity contribution in [2.24, 2.45) is 17.6 Å². The van der Waals surface area contributed by atoms with Crippen LogP contribution in [0.4, 0.5) is 0 Å². The van der Waals surface area contributed by atoms with Gasteiger partial charge in [0.15, 0.2) is 0 Å². The van der Waals surface area contributed by atoms with Crippen LogP contribution < -0.4 is 16.4 Å². The third-order valence-corrected chi connectivity index (χ3v) is 6.40. The van der Waals surface area contributed by atoms with Gasteiger partial charge in [0.2, 0.25) is 11.9 Å². The van der Waals surface area contributed by atoms with E-state index in [4.69, 9.17) is 12.3 Å². The van der Waals surface area contributed by atoms with Crippen molar-refractivity contribution in [2.75, 3.05) is 0 Å². The maximum absolute atomic E-state index is 11.3. The summed E-state index contributed by atoms with van der Waals surface area (Å²) < 4.78 is 0. The second-order valence-corrected chi connectivity index (χ2v) is 10.9. The molecule has 0 heterocycles. The van der Waals surface area contributed by atoms with Crippen LogP contribution in [0.25, 0.3) is 4.85 Å². The minimum Gasteiger partial charge on any atom is -0.383 e. The first kappa shape index (κ1) is 36.0. The lowest BCUT2D eigenvalue weighted by Crippen LogP contribution is -2.46. The molecule has 2 amide bonds. The average Bonchev–Trinajstić information content (AvgIpc) is 3.74. The largest absolute Gasteiger partial charge is 0.383 e. The van der Waals surface area contributed by atoms with Crippen LogP contribution in [-0.4, -0.2) is 64.7 Å². The first-order chi connectivity index (χ1) is 18.0. The fourth-order valence-corrected chi connectivity index (χ4v) is 3.31. The van der Waals surface area contributed by atoms with Crippen molar-refractivity contribution >= 4 is 18.1 Å². The van der Waals surface area contributed by atoms with Crippen LogP contribution in [0.1, 0.15) is 112 Å². The molecule has 3 aliphatic carbocycles. The summed E-state index contributed by atoms with van der Waals surface area (Å²) in [5.74, 6) is -0.166. The Bertz CT molecular complexity index is 662. The van der Waals surface area contributed by atoms with E-state index in [0.29, 0.717) is 18.5 Å². The molecule has 38 heavy (non-hydrogen) atoms. The zero-order valence-corrected chi connectivity index (χ0v) is 24.3. The summed E-state index contributed by atoms with van der Waals surface area (Å²) >= 11 is 0. The number of hydrogen-bond acceptors (Lipinski definition) is 6. The lowest BCUT2D eigenvalue weighted by molar-refractivity contribution is -0.132. The smallest absolute Gasteiger partial charge is 0.250 e. The van der Waals surface area contributed by atoms with Crippen molar-refractivity contribution in [3.05, 3.63) is 11.4 Å². The van der Waals surface area contributed by atoms with E-state index in [9.17, 15) is 24.6 Å². The number of amides is 2. The molecule has 0 aliphatic heterocycles. The van der Waals surface area contributed by atoms with Crippen LogP contribution in [0, 0.1) is 18.4 Å². The number of carbonyl (C=O) groups excluding carboxylic acids is 3. The van der Waals surface area contributed by atoms with Crippen LogP contribution in [0.3, 0.4) is 0 Å². The molecule has 220 valence electrons. The second kappa shape index (κ2) is 20.9. The molecule has 0 saturated heterocycles. The molecule has 3 fully saturated rings. The molecule has 6 N–H and O–H groups in total. The Morgan fingerprint density at radius 2 is 1.32 bits per heavy atom. The van der Waals surface area contributed by atoms with E-state index in [1.165, 1.54) is 0 Å². The number of nitrogens with one attached hydrogen (secondary N) is 2. The molecule has 3 rings (SSSR count). The van der Waals surface area contributed by atoms with Gasteiger partial charge in [0.1, 0.15) is 18.5 Å². The highest BCUT2D eigenvalue weighted by atomic mass is 16.3. The third kappa shape index (κ3) is 19.1. The monoisotopic (exact) mass is 538 g/mol. The molecule has 0 aromatic rings. The highest BCUT2D eigenvalue weighted by molar-refractivity contribution is 5.82. The van der Waals surface area contributed by atoms with Gasteiger partial charge in [0, 0.05) is 36.9 Å². The molecular formula is C29H54N4O5. The number of aldehydes is 1. The first-order valence-electron chi connectivity index (χ1n) is 14.6. The molecule has 0 spiro atoms. The molecule has 3 unspecified atom stereocenters. The van der Waals surface area contributed by atoms with Gasteiger partial charge in [0.05, 0.1) is 0 Å². The standard InChI is InChI=1S/C10H19NO2.C9H18N2O2.C6H12O.C4H5N/c1-3-4-7(2)9(12)10(13)11-8-5-6-8;1-2-3-7(10)8(12)9(13)11-6-4-5-6;1-3-4-6(2)5-7;1-5-4-2-3-4/h7-9,12H,3-6H2,1-2H3,(H,11,13);6-8,12H,2-5,10H2,1H3,(H,11,13);5-6H,3-4H2,1-2H3;4H,2-3H2/t7-,9?;7-,8?;;/m00../s1. The van der Waals surface area contributed by atoms with Gasteiger partial charge < -0.3 is 36.2 Å². The average molecular weight is 539 g/mol. The lowest BCUT2D eigenvalue weighted by atomic mass is 9.99. The van der Waals surface area contributed by atoms with Gasteiger partial charge in [0.25, 0.3) is 5.91 Å². The second-order valence-electron chi connectivity index (χ2n) is 10.9. The van der Waals surface area contributed by atoms with E-state index in [1.54, 1.807) is 0 Å². The number of nitrogens with zero attached hydrogens (tertiary/aromatic N) is 1. The van der Waals surface area contributed by atoms with E-state index in [1.807, 2.05) is 20.8 Å². The first-order valence-corrected chi connectivity index (χ1v) is 14.6. The summed E-state index contributed by atoms with van der Waals surface area (Å²) in [6.07, 6.45) is 11.3. The molecule has 9 nitrogen and oxygen atoms in total. The van der Waals surface area contributed by atoms with Crippen LogP contribution in [-0.2, 0) is 14.4 Å². The van der Waals surface area contributed by atoms with Gasteiger partial charge >= 0.3 is 0 Å². The molecule has 3 saturated carbocycles. The van der Waals surface area contributed by atoms with E-state index >= 15 is 0 Å². The van der Waals surface area contributed by atoms with Gasteiger partial charge in [-0.05, 0) is 50.9 Å². The minimum absolute atomic E-state index is 0.0729. The zero-order valence-electron chi connectivity index (χ0n) is 24.3. The van der Waals surface area contributed by atoms with Crippen molar-refractivity contribution in [2.45, 2.75) is 148 Å². The van der Waals surface area contributed by atoms with Crippen LogP contribution in [0.15, 0.2) is 0 Å². The quantitative estimate of drug-likeness (QED) is 0.179. The lowest BCUT2D eigenvalue weighted by Gasteiger charge is -2.17. The van der Waals surface area contributed by atoms with Gasteiger partial charge in [-0.3, -0.25) is 9.59 Å². The molecule has 0 bridgehead atoms. The number of nitrogens with two attached hydrogens (primary N) is 1. The molecule has 0 aromatic heterocycles. The summed E-state index contributed by atoms with van der Waals surface area (Å²) in [6, 6.07) is 0.630. The number of aliphatic hydroxyl groups is 2. The molecule has 0 aromatic carbocycles. The number of carbonyl (C=O) groups is 3. The minimum atomic E-state index is -1.04. The van der Waals surface area contributed by atoms with Crippen molar-refractivity contribution < 1.29 is 24.6 Å². The van der Waals surface area contributed by atoms with Gasteiger partial charge in [-0.1, -0.05) is 53.9 Å².